The number of rotatable bonds is 4. The molecule has 0 bridgehead atoms. The Morgan fingerprint density at radius 3 is 2.95 bits per heavy atom. The van der Waals surface area contributed by atoms with Crippen molar-refractivity contribution in [1.29, 1.82) is 0 Å². The summed E-state index contributed by atoms with van der Waals surface area (Å²) in [6, 6.07) is 7.62. The van der Waals surface area contributed by atoms with Gasteiger partial charge in [-0.25, -0.2) is 4.79 Å². The second kappa shape index (κ2) is 7.08. The smallest absolute Gasteiger partial charge is 0.321 e. The van der Waals surface area contributed by atoms with Gasteiger partial charge in [0.05, 0.1) is 13.7 Å². The van der Waals surface area contributed by atoms with Crippen molar-refractivity contribution in [2.45, 2.75) is 18.9 Å². The number of amides is 3. The van der Waals surface area contributed by atoms with E-state index < -0.39 is 6.03 Å². The van der Waals surface area contributed by atoms with E-state index in [0.717, 1.165) is 30.7 Å². The molecular weight excluding hydrogens is 270 g/mol. The van der Waals surface area contributed by atoms with E-state index in [1.165, 1.54) is 7.05 Å². The van der Waals surface area contributed by atoms with E-state index in [-0.39, 0.29) is 18.5 Å². The average Bonchev–Trinajstić information content (AvgIpc) is 2.95. The summed E-state index contributed by atoms with van der Waals surface area (Å²) < 4.78 is 5.25. The maximum absolute atomic E-state index is 11.8. The molecule has 1 fully saturated rings. The molecule has 3 amide bonds. The number of ether oxygens (including phenoxy) is 1. The lowest BCUT2D eigenvalue weighted by Gasteiger charge is -2.24. The van der Waals surface area contributed by atoms with Gasteiger partial charge in [-0.15, -0.1) is 0 Å². The third-order valence-electron chi connectivity index (χ3n) is 3.67. The van der Waals surface area contributed by atoms with Gasteiger partial charge in [-0.05, 0) is 37.1 Å². The molecule has 0 spiro atoms. The fourth-order valence-corrected chi connectivity index (χ4v) is 2.65. The van der Waals surface area contributed by atoms with Crippen molar-refractivity contribution in [1.82, 2.24) is 15.5 Å². The standard InChI is InChI=1S/C15H21N3O3/c1-16-15(20)17-14(19)10-18-8-4-7-13(18)11-5-3-6-12(9-11)21-2/h3,5-6,9,13H,4,7-8,10H2,1-2H3,(H2,16,17,19,20). The van der Waals surface area contributed by atoms with Crippen LogP contribution < -0.4 is 15.4 Å². The quantitative estimate of drug-likeness (QED) is 0.877. The molecule has 0 radical (unpaired) electrons. The highest BCUT2D eigenvalue weighted by molar-refractivity contribution is 5.95. The molecule has 1 aliphatic rings. The molecule has 6 heteroatoms. The molecule has 1 unspecified atom stereocenters. The van der Waals surface area contributed by atoms with Gasteiger partial charge in [-0.2, -0.15) is 0 Å². The first-order valence-corrected chi connectivity index (χ1v) is 7.03. The van der Waals surface area contributed by atoms with Crippen molar-refractivity contribution >= 4 is 11.9 Å². The van der Waals surface area contributed by atoms with Gasteiger partial charge in [0.2, 0.25) is 5.91 Å². The van der Waals surface area contributed by atoms with Crippen molar-refractivity contribution in [3.8, 4) is 5.75 Å². The van der Waals surface area contributed by atoms with Gasteiger partial charge in [0, 0.05) is 13.1 Å². The van der Waals surface area contributed by atoms with Gasteiger partial charge in [-0.1, -0.05) is 12.1 Å². The van der Waals surface area contributed by atoms with Gasteiger partial charge >= 0.3 is 6.03 Å². The molecule has 1 aromatic carbocycles. The monoisotopic (exact) mass is 291 g/mol. The van der Waals surface area contributed by atoms with E-state index in [9.17, 15) is 9.59 Å². The van der Waals surface area contributed by atoms with Crippen LogP contribution in [0, 0.1) is 0 Å². The van der Waals surface area contributed by atoms with E-state index in [1.54, 1.807) is 7.11 Å². The van der Waals surface area contributed by atoms with Gasteiger partial charge in [0.15, 0.2) is 0 Å². The summed E-state index contributed by atoms with van der Waals surface area (Å²) >= 11 is 0. The van der Waals surface area contributed by atoms with E-state index in [2.05, 4.69) is 15.5 Å². The molecular formula is C15H21N3O3. The van der Waals surface area contributed by atoms with Crippen molar-refractivity contribution in [3.05, 3.63) is 29.8 Å². The van der Waals surface area contributed by atoms with E-state index in [1.807, 2.05) is 24.3 Å². The molecule has 2 N–H and O–H groups in total. The Hall–Kier alpha value is -2.08. The summed E-state index contributed by atoms with van der Waals surface area (Å²) in [4.78, 5) is 25.1. The summed E-state index contributed by atoms with van der Waals surface area (Å²) in [5, 5.41) is 4.67. The van der Waals surface area contributed by atoms with Crippen LogP contribution in [0.25, 0.3) is 0 Å². The van der Waals surface area contributed by atoms with Crippen molar-refractivity contribution in [3.63, 3.8) is 0 Å². The molecule has 1 aromatic rings. The first-order chi connectivity index (χ1) is 10.1. The largest absolute Gasteiger partial charge is 0.497 e. The van der Waals surface area contributed by atoms with Gasteiger partial charge in [-0.3, -0.25) is 15.0 Å². The number of nitrogens with one attached hydrogen (secondary N) is 2. The second-order valence-electron chi connectivity index (χ2n) is 5.03. The lowest BCUT2D eigenvalue weighted by molar-refractivity contribution is -0.121. The number of likely N-dealkylation sites (tertiary alicyclic amines) is 1. The number of nitrogens with zero attached hydrogens (tertiary/aromatic N) is 1. The third kappa shape index (κ3) is 3.95. The van der Waals surface area contributed by atoms with Crippen LogP contribution in [-0.4, -0.2) is 44.1 Å². The molecule has 0 aromatic heterocycles. The molecule has 1 heterocycles. The number of urea groups is 1. The maximum atomic E-state index is 11.8. The number of carbonyl (C=O) groups excluding carboxylic acids is 2. The molecule has 1 aliphatic heterocycles. The van der Waals surface area contributed by atoms with Crippen LogP contribution in [0.1, 0.15) is 24.4 Å². The number of hydrogen-bond acceptors (Lipinski definition) is 4. The number of carbonyl (C=O) groups is 2. The zero-order chi connectivity index (χ0) is 15.2. The summed E-state index contributed by atoms with van der Waals surface area (Å²) in [6.07, 6.45) is 2.04. The zero-order valence-corrected chi connectivity index (χ0v) is 12.4. The van der Waals surface area contributed by atoms with Crippen LogP contribution in [0.5, 0.6) is 5.75 Å². The summed E-state index contributed by atoms with van der Waals surface area (Å²) in [7, 11) is 3.12. The van der Waals surface area contributed by atoms with Crippen LogP contribution in [0.4, 0.5) is 4.79 Å². The minimum absolute atomic E-state index is 0.190. The fourth-order valence-electron chi connectivity index (χ4n) is 2.65. The maximum Gasteiger partial charge on any atom is 0.321 e. The SMILES string of the molecule is CNC(=O)NC(=O)CN1CCCC1c1cccc(OC)c1. The minimum atomic E-state index is -0.475. The van der Waals surface area contributed by atoms with Crippen molar-refractivity contribution in [2.24, 2.45) is 0 Å². The van der Waals surface area contributed by atoms with Crippen LogP contribution in [0.3, 0.4) is 0 Å². The molecule has 1 saturated heterocycles. The summed E-state index contributed by atoms with van der Waals surface area (Å²) in [5.74, 6) is 0.526. The van der Waals surface area contributed by atoms with E-state index in [4.69, 9.17) is 4.74 Å². The Labute approximate surface area is 124 Å². The zero-order valence-electron chi connectivity index (χ0n) is 12.4. The topological polar surface area (TPSA) is 70.7 Å². The predicted octanol–water partition coefficient (Wildman–Crippen LogP) is 1.29. The molecule has 1 atom stereocenters. The number of hydrogen-bond donors (Lipinski definition) is 2. The van der Waals surface area contributed by atoms with Crippen LogP contribution in [0.2, 0.25) is 0 Å². The van der Waals surface area contributed by atoms with Crippen LogP contribution >= 0.6 is 0 Å². The molecule has 6 nitrogen and oxygen atoms in total. The lowest BCUT2D eigenvalue weighted by Crippen LogP contribution is -2.43. The number of benzene rings is 1. The van der Waals surface area contributed by atoms with Gasteiger partial charge in [0.1, 0.15) is 5.75 Å². The Bertz CT molecular complexity index is 519. The Morgan fingerprint density at radius 2 is 2.24 bits per heavy atom. The Balaban J connectivity index is 2.02. The highest BCUT2D eigenvalue weighted by Crippen LogP contribution is 2.32. The van der Waals surface area contributed by atoms with Gasteiger partial charge < -0.3 is 10.1 Å². The summed E-state index contributed by atoms with van der Waals surface area (Å²) in [5.41, 5.74) is 1.14. The minimum Gasteiger partial charge on any atom is -0.497 e. The Morgan fingerprint density at radius 1 is 1.43 bits per heavy atom. The highest BCUT2D eigenvalue weighted by atomic mass is 16.5. The number of imide groups is 1. The molecule has 21 heavy (non-hydrogen) atoms. The van der Waals surface area contributed by atoms with E-state index in [0.29, 0.717) is 0 Å². The Kier molecular flexibility index (Phi) is 5.16. The first-order valence-electron chi connectivity index (χ1n) is 7.03. The fraction of sp³-hybridized carbons (Fsp3) is 0.467. The molecule has 0 saturated carbocycles. The summed E-state index contributed by atoms with van der Waals surface area (Å²) in [6.45, 7) is 1.07. The lowest BCUT2D eigenvalue weighted by atomic mass is 10.0. The van der Waals surface area contributed by atoms with Crippen molar-refractivity contribution < 1.29 is 14.3 Å². The first kappa shape index (κ1) is 15.3. The average molecular weight is 291 g/mol. The predicted molar refractivity (Wildman–Crippen MR) is 79.1 cm³/mol. The van der Waals surface area contributed by atoms with Crippen LogP contribution in [-0.2, 0) is 4.79 Å². The van der Waals surface area contributed by atoms with Crippen LogP contribution in [0.15, 0.2) is 24.3 Å². The highest BCUT2D eigenvalue weighted by Gasteiger charge is 2.28. The number of methoxy groups -OCH3 is 1. The second-order valence-corrected chi connectivity index (χ2v) is 5.03. The van der Waals surface area contributed by atoms with E-state index >= 15 is 0 Å². The third-order valence-corrected chi connectivity index (χ3v) is 3.67. The van der Waals surface area contributed by atoms with Gasteiger partial charge in [0.25, 0.3) is 0 Å². The molecule has 0 aliphatic carbocycles. The van der Waals surface area contributed by atoms with Crippen molar-refractivity contribution in [2.75, 3.05) is 27.2 Å². The molecule has 114 valence electrons. The molecule has 2 rings (SSSR count). The normalized spacial score (nSPS) is 18.3.